The highest BCUT2D eigenvalue weighted by atomic mass is 16.6. The molecular formula is C21H25NO4. The third-order valence-corrected chi connectivity index (χ3v) is 5.89. The van der Waals surface area contributed by atoms with Gasteiger partial charge in [0, 0.05) is 0 Å². The fraction of sp³-hybridized carbons (Fsp3) is 0.524. The van der Waals surface area contributed by atoms with E-state index in [0.29, 0.717) is 13.2 Å². The molecule has 5 heteroatoms. The lowest BCUT2D eigenvalue weighted by Crippen LogP contribution is -2.40. The molecule has 1 aromatic rings. The van der Waals surface area contributed by atoms with Gasteiger partial charge in [-0.3, -0.25) is 9.59 Å². The smallest absolute Gasteiger partial charge is 0.312 e. The van der Waals surface area contributed by atoms with Crippen LogP contribution in [0, 0.1) is 11.8 Å². The molecule has 5 atom stereocenters. The van der Waals surface area contributed by atoms with Crippen molar-refractivity contribution in [2.45, 2.75) is 44.4 Å². The summed E-state index contributed by atoms with van der Waals surface area (Å²) in [5.74, 6) is -1.32. The molecule has 1 aromatic carbocycles. The molecule has 0 aromatic heterocycles. The van der Waals surface area contributed by atoms with Crippen LogP contribution in [0.2, 0.25) is 0 Å². The Labute approximate surface area is 154 Å². The van der Waals surface area contributed by atoms with Gasteiger partial charge < -0.3 is 14.4 Å². The summed E-state index contributed by atoms with van der Waals surface area (Å²) in [6.45, 7) is 4.96. The van der Waals surface area contributed by atoms with Gasteiger partial charge in [0.25, 0.3) is 0 Å². The molecule has 4 rings (SSSR count). The number of esters is 1. The second kappa shape index (κ2) is 6.54. The van der Waals surface area contributed by atoms with Crippen LogP contribution in [0.15, 0.2) is 42.5 Å². The third-order valence-electron chi connectivity index (χ3n) is 5.89. The van der Waals surface area contributed by atoms with Gasteiger partial charge in [-0.25, -0.2) is 0 Å². The molecule has 0 N–H and O–H groups in total. The molecule has 1 spiro atoms. The van der Waals surface area contributed by atoms with Crippen molar-refractivity contribution in [1.82, 2.24) is 4.90 Å². The molecule has 3 aliphatic rings. The SMILES string of the molecule is CCCCOC(=O)[C@@H]1[C@@H]2C=C[C@]3(CN([C@@H](C)c4ccccc4)C(=O)[C@H]13)O2. The number of ether oxygens (including phenoxy) is 2. The Kier molecular flexibility index (Phi) is 4.35. The van der Waals surface area contributed by atoms with Crippen molar-refractivity contribution in [3.63, 3.8) is 0 Å². The first-order valence-electron chi connectivity index (χ1n) is 9.46. The molecule has 138 valence electrons. The zero-order valence-corrected chi connectivity index (χ0v) is 15.3. The third kappa shape index (κ3) is 2.57. The number of rotatable bonds is 6. The number of hydrogen-bond acceptors (Lipinski definition) is 4. The quantitative estimate of drug-likeness (QED) is 0.447. The van der Waals surface area contributed by atoms with Gasteiger partial charge in [-0.05, 0) is 18.9 Å². The summed E-state index contributed by atoms with van der Waals surface area (Å²) in [7, 11) is 0. The van der Waals surface area contributed by atoms with E-state index < -0.39 is 17.4 Å². The lowest BCUT2D eigenvalue weighted by atomic mass is 9.77. The van der Waals surface area contributed by atoms with Crippen molar-refractivity contribution in [2.75, 3.05) is 13.2 Å². The predicted molar refractivity (Wildman–Crippen MR) is 96.2 cm³/mol. The molecule has 0 saturated carbocycles. The summed E-state index contributed by atoms with van der Waals surface area (Å²) in [4.78, 5) is 27.7. The van der Waals surface area contributed by atoms with E-state index in [1.807, 2.05) is 54.3 Å². The molecule has 0 radical (unpaired) electrons. The maximum atomic E-state index is 13.2. The van der Waals surface area contributed by atoms with Crippen molar-refractivity contribution >= 4 is 11.9 Å². The average molecular weight is 355 g/mol. The van der Waals surface area contributed by atoms with E-state index in [1.54, 1.807) is 0 Å². The van der Waals surface area contributed by atoms with E-state index in [9.17, 15) is 9.59 Å². The van der Waals surface area contributed by atoms with Crippen LogP contribution in [0.5, 0.6) is 0 Å². The van der Waals surface area contributed by atoms with E-state index >= 15 is 0 Å². The number of nitrogens with zero attached hydrogens (tertiary/aromatic N) is 1. The summed E-state index contributed by atoms with van der Waals surface area (Å²) in [6, 6.07) is 9.90. The van der Waals surface area contributed by atoms with Gasteiger partial charge >= 0.3 is 5.97 Å². The van der Waals surface area contributed by atoms with E-state index in [4.69, 9.17) is 9.47 Å². The van der Waals surface area contributed by atoms with E-state index in [2.05, 4.69) is 6.92 Å². The second-order valence-electron chi connectivity index (χ2n) is 7.47. The predicted octanol–water partition coefficient (Wildman–Crippen LogP) is 2.87. The second-order valence-corrected chi connectivity index (χ2v) is 7.47. The highest BCUT2D eigenvalue weighted by Gasteiger charge is 2.67. The highest BCUT2D eigenvalue weighted by Crippen LogP contribution is 2.53. The zero-order valence-electron chi connectivity index (χ0n) is 15.3. The van der Waals surface area contributed by atoms with E-state index in [1.165, 1.54) is 0 Å². The van der Waals surface area contributed by atoms with Crippen LogP contribution in [-0.2, 0) is 19.1 Å². The molecule has 5 nitrogen and oxygen atoms in total. The Bertz CT molecular complexity index is 731. The van der Waals surface area contributed by atoms with Gasteiger partial charge in [-0.15, -0.1) is 0 Å². The number of carbonyl (C=O) groups is 2. The molecule has 3 heterocycles. The zero-order chi connectivity index (χ0) is 18.3. The monoisotopic (exact) mass is 355 g/mol. The molecular weight excluding hydrogens is 330 g/mol. The Morgan fingerprint density at radius 2 is 2.15 bits per heavy atom. The first kappa shape index (κ1) is 17.3. The maximum absolute atomic E-state index is 13.2. The number of hydrogen-bond donors (Lipinski definition) is 0. The molecule has 26 heavy (non-hydrogen) atoms. The van der Waals surface area contributed by atoms with Crippen LogP contribution in [0.3, 0.4) is 0 Å². The number of carbonyl (C=O) groups excluding carboxylic acids is 2. The van der Waals surface area contributed by atoms with Crippen molar-refractivity contribution in [3.05, 3.63) is 48.0 Å². The molecule has 0 aliphatic carbocycles. The van der Waals surface area contributed by atoms with Crippen molar-refractivity contribution in [3.8, 4) is 0 Å². The molecule has 2 bridgehead atoms. The average Bonchev–Trinajstić information content (AvgIpc) is 3.30. The number of likely N-dealkylation sites (tertiary alicyclic amines) is 1. The van der Waals surface area contributed by atoms with Crippen LogP contribution < -0.4 is 0 Å². The van der Waals surface area contributed by atoms with E-state index in [0.717, 1.165) is 18.4 Å². The summed E-state index contributed by atoms with van der Waals surface area (Å²) in [5.41, 5.74) is 0.400. The van der Waals surface area contributed by atoms with Crippen LogP contribution >= 0.6 is 0 Å². The number of fused-ring (bicyclic) bond motifs is 1. The Hall–Kier alpha value is -2.14. The molecule has 0 unspecified atom stereocenters. The van der Waals surface area contributed by atoms with Gasteiger partial charge in [0.1, 0.15) is 11.5 Å². The van der Waals surface area contributed by atoms with Gasteiger partial charge in [0.15, 0.2) is 0 Å². The Morgan fingerprint density at radius 1 is 1.38 bits per heavy atom. The maximum Gasteiger partial charge on any atom is 0.312 e. The standard InChI is InChI=1S/C21H25NO4/c1-3-4-12-25-20(24)17-16-10-11-21(26-16)13-22(19(23)18(17)21)14(2)15-8-6-5-7-9-15/h5-11,14,16-18H,3-4,12-13H2,1-2H3/t14-,16-,17+,18-,21+/m0/s1. The van der Waals surface area contributed by atoms with Crippen LogP contribution in [0.25, 0.3) is 0 Å². The van der Waals surface area contributed by atoms with Gasteiger partial charge in [0.05, 0.1) is 31.2 Å². The minimum absolute atomic E-state index is 0.00866. The minimum atomic E-state index is -0.681. The summed E-state index contributed by atoms with van der Waals surface area (Å²) >= 11 is 0. The fourth-order valence-corrected chi connectivity index (χ4v) is 4.45. The first-order chi connectivity index (χ1) is 12.6. The van der Waals surface area contributed by atoms with Crippen LogP contribution in [0.4, 0.5) is 0 Å². The lowest BCUT2D eigenvalue weighted by Gasteiger charge is -2.27. The largest absolute Gasteiger partial charge is 0.465 e. The Morgan fingerprint density at radius 3 is 2.88 bits per heavy atom. The van der Waals surface area contributed by atoms with E-state index in [-0.39, 0.29) is 24.0 Å². The topological polar surface area (TPSA) is 55.8 Å². The van der Waals surface area contributed by atoms with Crippen LogP contribution in [-0.4, -0.2) is 41.6 Å². The van der Waals surface area contributed by atoms with Gasteiger partial charge in [-0.2, -0.15) is 0 Å². The van der Waals surface area contributed by atoms with Crippen LogP contribution in [0.1, 0.15) is 38.3 Å². The number of unbranched alkanes of at least 4 members (excludes halogenated alkanes) is 1. The van der Waals surface area contributed by atoms with Crippen molar-refractivity contribution in [2.24, 2.45) is 11.8 Å². The highest BCUT2D eigenvalue weighted by molar-refractivity contribution is 5.91. The number of amides is 1. The lowest BCUT2D eigenvalue weighted by molar-refractivity contribution is -0.154. The van der Waals surface area contributed by atoms with Gasteiger partial charge in [-0.1, -0.05) is 55.8 Å². The first-order valence-corrected chi connectivity index (χ1v) is 9.46. The van der Waals surface area contributed by atoms with Gasteiger partial charge in [0.2, 0.25) is 5.91 Å². The Balaban J connectivity index is 1.56. The fourth-order valence-electron chi connectivity index (χ4n) is 4.45. The molecule has 3 aliphatic heterocycles. The minimum Gasteiger partial charge on any atom is -0.465 e. The summed E-state index contributed by atoms with van der Waals surface area (Å²) in [6.07, 6.45) is 5.36. The molecule has 2 fully saturated rings. The summed E-state index contributed by atoms with van der Waals surface area (Å²) in [5, 5.41) is 0. The van der Waals surface area contributed by atoms with Crippen molar-refractivity contribution in [1.29, 1.82) is 0 Å². The number of benzene rings is 1. The normalized spacial score (nSPS) is 32.8. The molecule has 1 amide bonds. The van der Waals surface area contributed by atoms with Crippen molar-refractivity contribution < 1.29 is 19.1 Å². The summed E-state index contributed by atoms with van der Waals surface area (Å²) < 4.78 is 11.6. The molecule has 2 saturated heterocycles.